The predicted molar refractivity (Wildman–Crippen MR) is 77.7 cm³/mol. The average molecular weight is 283 g/mol. The van der Waals surface area contributed by atoms with Crippen LogP contribution in [0.25, 0.3) is 0 Å². The number of imidazole rings is 1. The Kier molecular flexibility index (Phi) is 4.41. The molecule has 1 saturated heterocycles. The second kappa shape index (κ2) is 6.25. The molecule has 2 N–H and O–H groups in total. The zero-order valence-electron chi connectivity index (χ0n) is 11.3. The summed E-state index contributed by atoms with van der Waals surface area (Å²) < 4.78 is 0. The number of halogens is 1. The largest absolute Gasteiger partial charge is 0.348 e. The third-order valence-corrected chi connectivity index (χ3v) is 4.88. The third-order valence-electron chi connectivity index (χ3n) is 4.48. The van der Waals surface area contributed by atoms with E-state index in [9.17, 15) is 0 Å². The Labute approximate surface area is 119 Å². The molecule has 19 heavy (non-hydrogen) atoms. The van der Waals surface area contributed by atoms with Crippen LogP contribution in [-0.2, 0) is 0 Å². The number of alkyl halides is 1. The molecule has 0 aromatic carbocycles. The topological polar surface area (TPSA) is 44.0 Å². The summed E-state index contributed by atoms with van der Waals surface area (Å²) in [5.74, 6) is 1.58. The molecule has 3 unspecified atom stereocenters. The van der Waals surface area contributed by atoms with Gasteiger partial charge >= 0.3 is 0 Å². The molecule has 5 heteroatoms. The van der Waals surface area contributed by atoms with Crippen molar-refractivity contribution in [3.63, 3.8) is 0 Å². The predicted octanol–water partition coefficient (Wildman–Crippen LogP) is 1.95. The first-order valence-corrected chi connectivity index (χ1v) is 7.86. The first-order valence-electron chi connectivity index (χ1n) is 7.42. The van der Waals surface area contributed by atoms with E-state index in [-0.39, 0.29) is 0 Å². The Hall–Kier alpha value is -0.580. The van der Waals surface area contributed by atoms with Gasteiger partial charge in [0.2, 0.25) is 0 Å². The highest BCUT2D eigenvalue weighted by Crippen LogP contribution is 2.35. The van der Waals surface area contributed by atoms with Gasteiger partial charge in [-0.2, -0.15) is 0 Å². The molecule has 3 rings (SSSR count). The number of rotatable bonds is 2. The van der Waals surface area contributed by atoms with E-state index in [1.807, 2.05) is 12.4 Å². The lowest BCUT2D eigenvalue weighted by atomic mass is 9.92. The molecule has 3 atom stereocenters. The molecular weight excluding hydrogens is 260 g/mol. The Bertz CT molecular complexity index is 375. The lowest BCUT2D eigenvalue weighted by Crippen LogP contribution is -2.50. The van der Waals surface area contributed by atoms with Gasteiger partial charge in [0, 0.05) is 55.9 Å². The molecule has 1 saturated carbocycles. The van der Waals surface area contributed by atoms with E-state index >= 15 is 0 Å². The Morgan fingerprint density at radius 2 is 2.11 bits per heavy atom. The standard InChI is InChI=1S/C14H23ClN4/c15-11-2-1-3-13(19-8-6-16-7-9-19)12(10-11)14-17-4-5-18-14/h4-5,11-13,16H,1-3,6-10H2,(H,17,18). The van der Waals surface area contributed by atoms with Crippen LogP contribution in [0.3, 0.4) is 0 Å². The Balaban J connectivity index is 1.80. The zero-order valence-corrected chi connectivity index (χ0v) is 12.1. The third kappa shape index (κ3) is 3.12. The summed E-state index contributed by atoms with van der Waals surface area (Å²) >= 11 is 6.46. The van der Waals surface area contributed by atoms with Crippen LogP contribution >= 0.6 is 11.6 Å². The van der Waals surface area contributed by atoms with Crippen molar-refractivity contribution in [3.8, 4) is 0 Å². The average Bonchev–Trinajstić information content (AvgIpc) is 2.90. The molecule has 0 spiro atoms. The van der Waals surface area contributed by atoms with Crippen molar-refractivity contribution in [2.45, 2.75) is 43.0 Å². The molecule has 2 heterocycles. The van der Waals surface area contributed by atoms with Crippen molar-refractivity contribution in [2.24, 2.45) is 0 Å². The van der Waals surface area contributed by atoms with Crippen LogP contribution in [-0.4, -0.2) is 52.5 Å². The smallest absolute Gasteiger partial charge is 0.110 e. The summed E-state index contributed by atoms with van der Waals surface area (Å²) in [6.45, 7) is 4.50. The fraction of sp³-hybridized carbons (Fsp3) is 0.786. The number of aromatic nitrogens is 2. The quantitative estimate of drug-likeness (QED) is 0.644. The maximum atomic E-state index is 6.46. The van der Waals surface area contributed by atoms with Crippen molar-refractivity contribution >= 4 is 11.6 Å². The molecule has 2 aliphatic rings. The minimum Gasteiger partial charge on any atom is -0.348 e. The molecule has 106 valence electrons. The number of aromatic amines is 1. The van der Waals surface area contributed by atoms with E-state index in [0.717, 1.165) is 44.8 Å². The van der Waals surface area contributed by atoms with Gasteiger partial charge in [-0.15, -0.1) is 11.6 Å². The Morgan fingerprint density at radius 3 is 2.84 bits per heavy atom. The first-order chi connectivity index (χ1) is 9.34. The maximum Gasteiger partial charge on any atom is 0.110 e. The highest BCUT2D eigenvalue weighted by Gasteiger charge is 2.34. The summed E-state index contributed by atoms with van der Waals surface area (Å²) in [4.78, 5) is 10.5. The molecule has 1 aromatic rings. The number of hydrogen-bond acceptors (Lipinski definition) is 3. The van der Waals surface area contributed by atoms with Gasteiger partial charge < -0.3 is 10.3 Å². The van der Waals surface area contributed by atoms with Crippen LogP contribution in [0.4, 0.5) is 0 Å². The Morgan fingerprint density at radius 1 is 1.26 bits per heavy atom. The van der Waals surface area contributed by atoms with Gasteiger partial charge in [0.1, 0.15) is 5.82 Å². The molecule has 1 aliphatic heterocycles. The summed E-state index contributed by atoms with van der Waals surface area (Å²) in [6.07, 6.45) is 8.45. The maximum absolute atomic E-state index is 6.46. The number of H-pyrrole nitrogens is 1. The number of hydrogen-bond donors (Lipinski definition) is 2. The van der Waals surface area contributed by atoms with Gasteiger partial charge in [0.05, 0.1) is 0 Å². The molecule has 0 amide bonds. The van der Waals surface area contributed by atoms with Gasteiger partial charge in [-0.3, -0.25) is 4.90 Å². The van der Waals surface area contributed by atoms with E-state index in [0.29, 0.717) is 17.3 Å². The molecular formula is C14H23ClN4. The SMILES string of the molecule is ClC1CCCC(N2CCNCC2)C(c2ncc[nH]2)C1. The van der Waals surface area contributed by atoms with E-state index < -0.39 is 0 Å². The van der Waals surface area contributed by atoms with Crippen molar-refractivity contribution < 1.29 is 0 Å². The minimum absolute atomic E-state index is 0.294. The minimum atomic E-state index is 0.294. The van der Waals surface area contributed by atoms with Gasteiger partial charge in [-0.1, -0.05) is 6.42 Å². The lowest BCUT2D eigenvalue weighted by molar-refractivity contribution is 0.140. The normalized spacial score (nSPS) is 34.1. The van der Waals surface area contributed by atoms with E-state index in [1.54, 1.807) is 0 Å². The fourth-order valence-corrected chi connectivity index (χ4v) is 3.87. The molecule has 0 radical (unpaired) electrons. The van der Waals surface area contributed by atoms with Crippen LogP contribution in [0.5, 0.6) is 0 Å². The molecule has 2 fully saturated rings. The van der Waals surface area contributed by atoms with Crippen molar-refractivity contribution in [1.82, 2.24) is 20.2 Å². The van der Waals surface area contributed by atoms with E-state index in [1.165, 1.54) is 12.8 Å². The summed E-state index contributed by atoms with van der Waals surface area (Å²) in [5, 5.41) is 3.73. The number of nitrogens with zero attached hydrogens (tertiary/aromatic N) is 2. The van der Waals surface area contributed by atoms with Crippen molar-refractivity contribution in [2.75, 3.05) is 26.2 Å². The lowest BCUT2D eigenvalue weighted by Gasteiger charge is -2.38. The van der Waals surface area contributed by atoms with Gasteiger partial charge in [0.15, 0.2) is 0 Å². The summed E-state index contributed by atoms with van der Waals surface area (Å²) in [5.41, 5.74) is 0. The molecule has 1 aliphatic carbocycles. The summed E-state index contributed by atoms with van der Waals surface area (Å²) in [7, 11) is 0. The van der Waals surface area contributed by atoms with Gasteiger partial charge in [0.25, 0.3) is 0 Å². The molecule has 1 aromatic heterocycles. The number of nitrogens with one attached hydrogen (secondary N) is 2. The highest BCUT2D eigenvalue weighted by molar-refractivity contribution is 6.20. The van der Waals surface area contributed by atoms with Crippen LogP contribution in [0.15, 0.2) is 12.4 Å². The van der Waals surface area contributed by atoms with Gasteiger partial charge in [-0.25, -0.2) is 4.98 Å². The van der Waals surface area contributed by atoms with Crippen LogP contribution in [0.1, 0.15) is 37.4 Å². The second-order valence-electron chi connectivity index (χ2n) is 5.70. The monoisotopic (exact) mass is 282 g/mol. The fourth-order valence-electron chi connectivity index (χ4n) is 3.53. The number of piperazine rings is 1. The van der Waals surface area contributed by atoms with Crippen molar-refractivity contribution in [1.29, 1.82) is 0 Å². The van der Waals surface area contributed by atoms with Gasteiger partial charge in [-0.05, 0) is 19.3 Å². The highest BCUT2D eigenvalue weighted by atomic mass is 35.5. The van der Waals surface area contributed by atoms with Crippen LogP contribution in [0, 0.1) is 0 Å². The van der Waals surface area contributed by atoms with Crippen molar-refractivity contribution in [3.05, 3.63) is 18.2 Å². The summed E-state index contributed by atoms with van der Waals surface area (Å²) in [6, 6.07) is 0.594. The second-order valence-corrected chi connectivity index (χ2v) is 6.32. The van der Waals surface area contributed by atoms with E-state index in [2.05, 4.69) is 20.2 Å². The first kappa shape index (κ1) is 13.4. The molecule has 4 nitrogen and oxygen atoms in total. The molecule has 0 bridgehead atoms. The van der Waals surface area contributed by atoms with Crippen LogP contribution < -0.4 is 5.32 Å². The van der Waals surface area contributed by atoms with Crippen LogP contribution in [0.2, 0.25) is 0 Å². The van der Waals surface area contributed by atoms with E-state index in [4.69, 9.17) is 11.6 Å². The zero-order chi connectivity index (χ0) is 13.1.